The number of benzene rings is 2. The SMILES string of the molecule is CC1(C)CC(c2cccc(NC3CC3)c2)Nc2c(Cl)cc(C#N)cc21.O=C(O)O. The Morgan fingerprint density at radius 1 is 1.28 bits per heavy atom. The lowest BCUT2D eigenvalue weighted by Crippen LogP contribution is -2.31. The van der Waals surface area contributed by atoms with Gasteiger partial charge in [0.25, 0.3) is 0 Å². The Bertz CT molecular complexity index is 960. The van der Waals surface area contributed by atoms with Crippen molar-refractivity contribution in [1.29, 1.82) is 5.26 Å². The van der Waals surface area contributed by atoms with Gasteiger partial charge in [0.15, 0.2) is 0 Å². The minimum absolute atomic E-state index is 0.0539. The first-order valence-corrected chi connectivity index (χ1v) is 9.86. The second-order valence-corrected chi connectivity index (χ2v) is 8.51. The summed E-state index contributed by atoms with van der Waals surface area (Å²) in [6, 6.07) is 15.4. The maximum Gasteiger partial charge on any atom is 0.503 e. The first kappa shape index (κ1) is 20.8. The van der Waals surface area contributed by atoms with E-state index in [9.17, 15) is 5.26 Å². The van der Waals surface area contributed by atoms with Crippen molar-refractivity contribution in [3.05, 3.63) is 58.1 Å². The third-order valence-electron chi connectivity index (χ3n) is 5.22. The zero-order valence-electron chi connectivity index (χ0n) is 16.4. The van der Waals surface area contributed by atoms with Gasteiger partial charge in [-0.1, -0.05) is 37.6 Å². The van der Waals surface area contributed by atoms with Crippen LogP contribution in [0, 0.1) is 11.3 Å². The second-order valence-electron chi connectivity index (χ2n) is 8.10. The van der Waals surface area contributed by atoms with Crippen molar-refractivity contribution in [2.45, 2.75) is 50.6 Å². The molecule has 0 amide bonds. The van der Waals surface area contributed by atoms with Crippen LogP contribution in [-0.4, -0.2) is 22.4 Å². The lowest BCUT2D eigenvalue weighted by Gasteiger charge is -2.39. The molecule has 7 heteroatoms. The second kappa shape index (κ2) is 8.22. The Hall–Kier alpha value is -2.91. The van der Waals surface area contributed by atoms with Crippen LogP contribution in [-0.2, 0) is 5.41 Å². The highest BCUT2D eigenvalue weighted by atomic mass is 35.5. The molecule has 1 saturated carbocycles. The minimum atomic E-state index is -1.83. The van der Waals surface area contributed by atoms with Crippen LogP contribution < -0.4 is 10.6 Å². The first-order chi connectivity index (χ1) is 13.7. The molecule has 2 aromatic carbocycles. The Balaban J connectivity index is 0.000000552. The van der Waals surface area contributed by atoms with Crippen molar-refractivity contribution in [2.75, 3.05) is 10.6 Å². The van der Waals surface area contributed by atoms with E-state index in [4.69, 9.17) is 26.6 Å². The molecular formula is C22H24ClN3O3. The number of rotatable bonds is 3. The Labute approximate surface area is 175 Å². The molecule has 0 saturated heterocycles. The van der Waals surface area contributed by atoms with E-state index in [1.165, 1.54) is 24.1 Å². The van der Waals surface area contributed by atoms with Crippen molar-refractivity contribution in [3.63, 3.8) is 0 Å². The first-order valence-electron chi connectivity index (χ1n) is 9.48. The van der Waals surface area contributed by atoms with Crippen molar-refractivity contribution in [1.82, 2.24) is 0 Å². The van der Waals surface area contributed by atoms with Crippen LogP contribution in [0.25, 0.3) is 0 Å². The van der Waals surface area contributed by atoms with E-state index in [-0.39, 0.29) is 11.5 Å². The normalized spacial score (nSPS) is 18.9. The Kier molecular flexibility index (Phi) is 5.90. The molecule has 1 atom stereocenters. The van der Waals surface area contributed by atoms with Crippen molar-refractivity contribution >= 4 is 29.1 Å². The van der Waals surface area contributed by atoms with E-state index in [1.807, 2.05) is 6.07 Å². The molecule has 0 bridgehead atoms. The van der Waals surface area contributed by atoms with Crippen molar-refractivity contribution in [2.24, 2.45) is 0 Å². The third kappa shape index (κ3) is 5.12. The molecule has 152 valence electrons. The molecule has 0 spiro atoms. The van der Waals surface area contributed by atoms with E-state index in [0.29, 0.717) is 16.6 Å². The summed E-state index contributed by atoms with van der Waals surface area (Å²) in [6.45, 7) is 4.45. The van der Waals surface area contributed by atoms with Crippen LogP contribution in [0.3, 0.4) is 0 Å². The fraction of sp³-hybridized carbons (Fsp3) is 0.364. The van der Waals surface area contributed by atoms with E-state index in [2.05, 4.69) is 54.8 Å². The van der Waals surface area contributed by atoms with E-state index in [0.717, 1.165) is 17.7 Å². The van der Waals surface area contributed by atoms with Gasteiger partial charge in [-0.15, -0.1) is 0 Å². The smallest absolute Gasteiger partial charge is 0.450 e. The summed E-state index contributed by atoms with van der Waals surface area (Å²) < 4.78 is 0. The molecule has 1 heterocycles. The highest BCUT2D eigenvalue weighted by Crippen LogP contribution is 2.47. The van der Waals surface area contributed by atoms with Gasteiger partial charge in [0, 0.05) is 11.7 Å². The molecule has 1 fully saturated rings. The summed E-state index contributed by atoms with van der Waals surface area (Å²) >= 11 is 6.49. The quantitative estimate of drug-likeness (QED) is 0.503. The lowest BCUT2D eigenvalue weighted by atomic mass is 9.73. The molecule has 4 rings (SSSR count). The highest BCUT2D eigenvalue weighted by Gasteiger charge is 2.35. The molecule has 1 unspecified atom stereocenters. The number of fused-ring (bicyclic) bond motifs is 1. The molecule has 1 aliphatic heterocycles. The van der Waals surface area contributed by atoms with Crippen molar-refractivity contribution < 1.29 is 15.0 Å². The topological polar surface area (TPSA) is 105 Å². The maximum atomic E-state index is 9.24. The number of nitrogens with zero attached hydrogens (tertiary/aromatic N) is 1. The largest absolute Gasteiger partial charge is 0.503 e. The van der Waals surface area contributed by atoms with E-state index < -0.39 is 6.16 Å². The van der Waals surface area contributed by atoms with Crippen LogP contribution in [0.15, 0.2) is 36.4 Å². The summed E-state index contributed by atoms with van der Waals surface area (Å²) in [4.78, 5) is 8.56. The number of hydrogen-bond donors (Lipinski definition) is 4. The van der Waals surface area contributed by atoms with Gasteiger partial charge in [-0.05, 0) is 60.1 Å². The van der Waals surface area contributed by atoms with Crippen LogP contribution in [0.2, 0.25) is 5.02 Å². The summed E-state index contributed by atoms with van der Waals surface area (Å²) in [7, 11) is 0. The molecule has 2 aromatic rings. The lowest BCUT2D eigenvalue weighted by molar-refractivity contribution is 0.137. The minimum Gasteiger partial charge on any atom is -0.450 e. The van der Waals surface area contributed by atoms with Gasteiger partial charge in [-0.25, -0.2) is 4.79 Å². The average molecular weight is 414 g/mol. The van der Waals surface area contributed by atoms with Gasteiger partial charge in [0.05, 0.1) is 28.4 Å². The summed E-state index contributed by atoms with van der Waals surface area (Å²) in [5.74, 6) is 0. The molecule has 4 N–H and O–H groups in total. The van der Waals surface area contributed by atoms with Gasteiger partial charge in [-0.3, -0.25) is 0 Å². The van der Waals surface area contributed by atoms with Gasteiger partial charge in [0.2, 0.25) is 0 Å². The summed E-state index contributed by atoms with van der Waals surface area (Å²) in [6.07, 6.45) is 1.66. The highest BCUT2D eigenvalue weighted by molar-refractivity contribution is 6.33. The number of halogens is 1. The fourth-order valence-corrected chi connectivity index (χ4v) is 3.98. The number of carboxylic acid groups (broad SMARTS) is 2. The summed E-state index contributed by atoms with van der Waals surface area (Å²) in [5, 5.41) is 31.0. The fourth-order valence-electron chi connectivity index (χ4n) is 3.71. The average Bonchev–Trinajstić information content (AvgIpc) is 3.45. The van der Waals surface area contributed by atoms with Gasteiger partial charge < -0.3 is 20.8 Å². The van der Waals surface area contributed by atoms with Gasteiger partial charge >= 0.3 is 6.16 Å². The molecule has 0 aromatic heterocycles. The maximum absolute atomic E-state index is 9.24. The summed E-state index contributed by atoms with van der Waals surface area (Å²) in [5.41, 5.74) is 5.11. The van der Waals surface area contributed by atoms with Crippen molar-refractivity contribution in [3.8, 4) is 6.07 Å². The van der Waals surface area contributed by atoms with Crippen LogP contribution in [0.4, 0.5) is 16.2 Å². The molecule has 2 aliphatic rings. The standard InChI is InChI=1S/C21H22ClN3.CH2O3/c1-21(2)11-19(14-4-3-5-16(10-14)24-15-6-7-15)25-20-17(21)8-13(12-23)9-18(20)22;2-1(3)4/h3-5,8-10,15,19,24-25H,6-7,11H2,1-2H3;(H2,2,3,4). The van der Waals surface area contributed by atoms with Gasteiger partial charge in [0.1, 0.15) is 0 Å². The molecule has 1 aliphatic carbocycles. The number of anilines is 2. The zero-order valence-corrected chi connectivity index (χ0v) is 17.1. The van der Waals surface area contributed by atoms with Crippen LogP contribution in [0.1, 0.15) is 55.8 Å². The predicted octanol–water partition coefficient (Wildman–Crippen LogP) is 5.84. The predicted molar refractivity (Wildman–Crippen MR) is 114 cm³/mol. The van der Waals surface area contributed by atoms with Crippen LogP contribution in [0.5, 0.6) is 0 Å². The zero-order chi connectivity index (χ0) is 21.2. The number of carbonyl (C=O) groups is 1. The van der Waals surface area contributed by atoms with Crippen LogP contribution >= 0.6 is 11.6 Å². The molecule has 6 nitrogen and oxygen atoms in total. The molecule has 29 heavy (non-hydrogen) atoms. The van der Waals surface area contributed by atoms with E-state index >= 15 is 0 Å². The molecule has 0 radical (unpaired) electrons. The Morgan fingerprint density at radius 3 is 2.59 bits per heavy atom. The Morgan fingerprint density at radius 2 is 1.97 bits per heavy atom. The number of hydrogen-bond acceptors (Lipinski definition) is 4. The van der Waals surface area contributed by atoms with Gasteiger partial charge in [-0.2, -0.15) is 5.26 Å². The number of nitrogens with one attached hydrogen (secondary N) is 2. The monoisotopic (exact) mass is 413 g/mol. The molecular weight excluding hydrogens is 390 g/mol. The third-order valence-corrected chi connectivity index (χ3v) is 5.52. The number of nitriles is 1. The van der Waals surface area contributed by atoms with E-state index in [1.54, 1.807) is 6.07 Å².